The average molecular weight is 450 g/mol. The number of nitrogens with one attached hydrogen (secondary N) is 1. The molecule has 3 aromatic rings. The number of nitrogens with zero attached hydrogens (tertiary/aromatic N) is 2. The molecule has 0 saturated heterocycles. The number of rotatable bonds is 11. The third-order valence-corrected chi connectivity index (χ3v) is 5.64. The molecular weight excluding hydrogens is 418 g/mol. The Balaban J connectivity index is 1.57. The van der Waals surface area contributed by atoms with Gasteiger partial charge in [0.1, 0.15) is 5.75 Å². The highest BCUT2D eigenvalue weighted by molar-refractivity contribution is 5.92. The van der Waals surface area contributed by atoms with Gasteiger partial charge in [-0.3, -0.25) is 9.59 Å². The smallest absolute Gasteiger partial charge is 0.273 e. The molecule has 1 heterocycles. The number of amides is 2. The molecule has 7 nitrogen and oxygen atoms in total. The SMILES string of the molecule is CCC(C)N(Cc1cc(C(=O)NCc2ccc(OC)cc2)no1)C(=O)CCc1ccccc1. The van der Waals surface area contributed by atoms with Crippen molar-refractivity contribution in [1.82, 2.24) is 15.4 Å². The number of carbonyl (C=O) groups is 2. The van der Waals surface area contributed by atoms with Crippen LogP contribution in [0, 0.1) is 0 Å². The van der Waals surface area contributed by atoms with Crippen molar-refractivity contribution in [2.45, 2.75) is 52.2 Å². The highest BCUT2D eigenvalue weighted by atomic mass is 16.5. The van der Waals surface area contributed by atoms with E-state index in [0.717, 1.165) is 23.3 Å². The second kappa shape index (κ2) is 11.9. The quantitative estimate of drug-likeness (QED) is 0.470. The van der Waals surface area contributed by atoms with Crippen LogP contribution in [-0.4, -0.2) is 35.0 Å². The molecular formula is C26H31N3O4. The maximum Gasteiger partial charge on any atom is 0.273 e. The van der Waals surface area contributed by atoms with Crippen molar-refractivity contribution >= 4 is 11.8 Å². The molecule has 1 unspecified atom stereocenters. The van der Waals surface area contributed by atoms with E-state index in [4.69, 9.17) is 9.26 Å². The van der Waals surface area contributed by atoms with Gasteiger partial charge in [0, 0.05) is 25.1 Å². The third kappa shape index (κ3) is 6.94. The first-order valence-corrected chi connectivity index (χ1v) is 11.2. The van der Waals surface area contributed by atoms with Gasteiger partial charge in [0.05, 0.1) is 13.7 Å². The van der Waals surface area contributed by atoms with E-state index in [1.807, 2.05) is 68.4 Å². The van der Waals surface area contributed by atoms with E-state index in [2.05, 4.69) is 10.5 Å². The van der Waals surface area contributed by atoms with E-state index in [9.17, 15) is 9.59 Å². The lowest BCUT2D eigenvalue weighted by molar-refractivity contribution is -0.134. The molecule has 1 N–H and O–H groups in total. The first kappa shape index (κ1) is 24.0. The molecule has 1 atom stereocenters. The summed E-state index contributed by atoms with van der Waals surface area (Å²) >= 11 is 0. The van der Waals surface area contributed by atoms with Crippen LogP contribution in [0.1, 0.15) is 54.1 Å². The molecule has 0 spiro atoms. The Hall–Kier alpha value is -3.61. The van der Waals surface area contributed by atoms with Gasteiger partial charge in [-0.05, 0) is 43.0 Å². The van der Waals surface area contributed by atoms with Crippen LogP contribution in [0.3, 0.4) is 0 Å². The van der Waals surface area contributed by atoms with E-state index in [1.165, 1.54) is 0 Å². The normalized spacial score (nSPS) is 11.6. The Kier molecular flexibility index (Phi) is 8.63. The molecule has 0 aliphatic carbocycles. The Morgan fingerprint density at radius 2 is 1.82 bits per heavy atom. The molecule has 0 fully saturated rings. The van der Waals surface area contributed by atoms with Crippen molar-refractivity contribution in [3.05, 3.63) is 83.2 Å². The first-order chi connectivity index (χ1) is 16.0. The van der Waals surface area contributed by atoms with E-state index < -0.39 is 0 Å². The van der Waals surface area contributed by atoms with Crippen LogP contribution in [0.5, 0.6) is 5.75 Å². The molecule has 7 heteroatoms. The molecule has 3 rings (SSSR count). The van der Waals surface area contributed by atoms with Gasteiger partial charge < -0.3 is 19.5 Å². The largest absolute Gasteiger partial charge is 0.497 e. The predicted octanol–water partition coefficient (Wildman–Crippen LogP) is 4.37. The van der Waals surface area contributed by atoms with E-state index in [1.54, 1.807) is 18.1 Å². The minimum atomic E-state index is -0.327. The summed E-state index contributed by atoms with van der Waals surface area (Å²) in [5.41, 5.74) is 2.27. The molecule has 33 heavy (non-hydrogen) atoms. The fraction of sp³-hybridized carbons (Fsp3) is 0.346. The minimum Gasteiger partial charge on any atom is -0.497 e. The summed E-state index contributed by atoms with van der Waals surface area (Å²) in [6.45, 7) is 4.70. The van der Waals surface area contributed by atoms with Crippen molar-refractivity contribution in [3.63, 3.8) is 0 Å². The van der Waals surface area contributed by atoms with Crippen molar-refractivity contribution in [3.8, 4) is 5.75 Å². The number of benzene rings is 2. The fourth-order valence-corrected chi connectivity index (χ4v) is 3.43. The molecule has 0 radical (unpaired) electrons. The number of hydrogen-bond donors (Lipinski definition) is 1. The zero-order chi connectivity index (χ0) is 23.6. The summed E-state index contributed by atoms with van der Waals surface area (Å²) in [5, 5.41) is 6.73. The summed E-state index contributed by atoms with van der Waals surface area (Å²) in [4.78, 5) is 27.2. The van der Waals surface area contributed by atoms with Crippen LogP contribution in [0.15, 0.2) is 65.2 Å². The second-order valence-electron chi connectivity index (χ2n) is 7.97. The lowest BCUT2D eigenvalue weighted by atomic mass is 10.1. The average Bonchev–Trinajstić information content (AvgIpc) is 3.33. The molecule has 0 aliphatic rings. The van der Waals surface area contributed by atoms with Crippen molar-refractivity contribution in [1.29, 1.82) is 0 Å². The Labute approximate surface area is 194 Å². The van der Waals surface area contributed by atoms with Gasteiger partial charge in [-0.25, -0.2) is 0 Å². The fourth-order valence-electron chi connectivity index (χ4n) is 3.43. The first-order valence-electron chi connectivity index (χ1n) is 11.2. The number of ether oxygens (including phenoxy) is 1. The molecule has 174 valence electrons. The predicted molar refractivity (Wildman–Crippen MR) is 126 cm³/mol. The number of aryl methyl sites for hydroxylation is 1. The number of methoxy groups -OCH3 is 1. The van der Waals surface area contributed by atoms with Crippen molar-refractivity contribution < 1.29 is 18.8 Å². The minimum absolute atomic E-state index is 0.0470. The van der Waals surface area contributed by atoms with Gasteiger partial charge in [-0.1, -0.05) is 54.5 Å². The summed E-state index contributed by atoms with van der Waals surface area (Å²) in [6, 6.07) is 19.1. The van der Waals surface area contributed by atoms with Crippen LogP contribution < -0.4 is 10.1 Å². The topological polar surface area (TPSA) is 84.7 Å². The Morgan fingerprint density at radius 3 is 2.48 bits per heavy atom. The lowest BCUT2D eigenvalue weighted by Gasteiger charge is -2.27. The second-order valence-corrected chi connectivity index (χ2v) is 7.97. The van der Waals surface area contributed by atoms with Gasteiger partial charge >= 0.3 is 0 Å². The number of hydrogen-bond acceptors (Lipinski definition) is 5. The highest BCUT2D eigenvalue weighted by Crippen LogP contribution is 2.16. The zero-order valence-corrected chi connectivity index (χ0v) is 19.4. The van der Waals surface area contributed by atoms with Crippen LogP contribution in [0.25, 0.3) is 0 Å². The molecule has 1 aromatic heterocycles. The molecule has 0 bridgehead atoms. The zero-order valence-electron chi connectivity index (χ0n) is 19.4. The summed E-state index contributed by atoms with van der Waals surface area (Å²) in [5.74, 6) is 0.967. The van der Waals surface area contributed by atoms with Crippen LogP contribution in [0.4, 0.5) is 0 Å². The van der Waals surface area contributed by atoms with E-state index >= 15 is 0 Å². The van der Waals surface area contributed by atoms with Crippen LogP contribution in [0.2, 0.25) is 0 Å². The van der Waals surface area contributed by atoms with E-state index in [-0.39, 0.29) is 30.1 Å². The van der Waals surface area contributed by atoms with E-state index in [0.29, 0.717) is 25.1 Å². The van der Waals surface area contributed by atoms with Crippen LogP contribution >= 0.6 is 0 Å². The standard InChI is InChI=1S/C26H31N3O4/c1-4-19(2)29(25(30)15-12-20-8-6-5-7-9-20)18-23-16-24(28-33-23)26(31)27-17-21-10-13-22(32-3)14-11-21/h5-11,13-14,16,19H,4,12,15,17-18H2,1-3H3,(H,27,31). The lowest BCUT2D eigenvalue weighted by Crippen LogP contribution is -2.37. The van der Waals surface area contributed by atoms with Gasteiger partial charge in [0.2, 0.25) is 5.91 Å². The Bertz CT molecular complexity index is 1030. The maximum atomic E-state index is 12.9. The van der Waals surface area contributed by atoms with Crippen molar-refractivity contribution in [2.75, 3.05) is 7.11 Å². The molecule has 0 aliphatic heterocycles. The van der Waals surface area contributed by atoms with Gasteiger partial charge in [0.25, 0.3) is 5.91 Å². The van der Waals surface area contributed by atoms with Crippen molar-refractivity contribution in [2.24, 2.45) is 0 Å². The van der Waals surface area contributed by atoms with Gasteiger partial charge in [0.15, 0.2) is 11.5 Å². The molecule has 0 saturated carbocycles. The summed E-state index contributed by atoms with van der Waals surface area (Å²) in [7, 11) is 1.61. The van der Waals surface area contributed by atoms with Crippen LogP contribution in [-0.2, 0) is 24.3 Å². The monoisotopic (exact) mass is 449 g/mol. The number of carbonyl (C=O) groups excluding carboxylic acids is 2. The van der Waals surface area contributed by atoms with Gasteiger partial charge in [-0.15, -0.1) is 0 Å². The van der Waals surface area contributed by atoms with Gasteiger partial charge in [-0.2, -0.15) is 0 Å². The Morgan fingerprint density at radius 1 is 1.09 bits per heavy atom. The molecule has 2 amide bonds. The number of aromatic nitrogens is 1. The summed E-state index contributed by atoms with van der Waals surface area (Å²) < 4.78 is 10.5. The highest BCUT2D eigenvalue weighted by Gasteiger charge is 2.22. The summed E-state index contributed by atoms with van der Waals surface area (Å²) in [6.07, 6.45) is 1.92. The third-order valence-electron chi connectivity index (χ3n) is 5.64. The molecule has 2 aromatic carbocycles. The maximum absolute atomic E-state index is 12.9.